The van der Waals surface area contributed by atoms with E-state index < -0.39 is 0 Å². The van der Waals surface area contributed by atoms with Gasteiger partial charge in [0.05, 0.1) is 0 Å². The van der Waals surface area contributed by atoms with Gasteiger partial charge in [0.1, 0.15) is 0 Å². The molecule has 1 unspecified atom stereocenters. The number of benzene rings is 1. The van der Waals surface area contributed by atoms with Crippen LogP contribution in [0.1, 0.15) is 25.8 Å². The molecule has 3 heteroatoms. The van der Waals surface area contributed by atoms with Crippen molar-refractivity contribution in [1.29, 1.82) is 0 Å². The van der Waals surface area contributed by atoms with Crippen molar-refractivity contribution in [2.24, 2.45) is 11.1 Å². The minimum atomic E-state index is -0.0201. The van der Waals surface area contributed by atoms with E-state index in [1.165, 1.54) is 16.5 Å². The van der Waals surface area contributed by atoms with Gasteiger partial charge in [0, 0.05) is 29.7 Å². The molecule has 4 N–H and O–H groups in total. The summed E-state index contributed by atoms with van der Waals surface area (Å²) in [5, 5.41) is 10.3. The SMILES string of the molecule is CC(C)(Cc1c[nH]c2ccccc12)C(N)CCO. The maximum Gasteiger partial charge on any atom is 0.0456 e. The van der Waals surface area contributed by atoms with Crippen LogP contribution in [0.4, 0.5) is 0 Å². The highest BCUT2D eigenvalue weighted by molar-refractivity contribution is 5.83. The molecule has 2 rings (SSSR count). The van der Waals surface area contributed by atoms with Crippen LogP contribution in [0.25, 0.3) is 10.9 Å². The molecule has 18 heavy (non-hydrogen) atoms. The monoisotopic (exact) mass is 246 g/mol. The molecule has 1 aromatic carbocycles. The quantitative estimate of drug-likeness (QED) is 0.759. The predicted molar refractivity (Wildman–Crippen MR) is 75.5 cm³/mol. The third-order valence-electron chi connectivity index (χ3n) is 3.76. The zero-order chi connectivity index (χ0) is 13.2. The van der Waals surface area contributed by atoms with Crippen molar-refractivity contribution in [3.63, 3.8) is 0 Å². The van der Waals surface area contributed by atoms with Crippen LogP contribution in [0.3, 0.4) is 0 Å². The van der Waals surface area contributed by atoms with Gasteiger partial charge in [0.2, 0.25) is 0 Å². The maximum atomic E-state index is 9.01. The smallest absolute Gasteiger partial charge is 0.0456 e. The van der Waals surface area contributed by atoms with Crippen LogP contribution in [-0.2, 0) is 6.42 Å². The van der Waals surface area contributed by atoms with Gasteiger partial charge < -0.3 is 15.8 Å². The Morgan fingerprint density at radius 1 is 1.33 bits per heavy atom. The van der Waals surface area contributed by atoms with Crippen LogP contribution < -0.4 is 5.73 Å². The molecule has 0 saturated carbocycles. The molecule has 0 radical (unpaired) electrons. The predicted octanol–water partition coefficient (Wildman–Crippen LogP) is 2.45. The average molecular weight is 246 g/mol. The van der Waals surface area contributed by atoms with Crippen LogP contribution >= 0.6 is 0 Å². The van der Waals surface area contributed by atoms with Gasteiger partial charge in [0.25, 0.3) is 0 Å². The summed E-state index contributed by atoms with van der Waals surface area (Å²) in [5.74, 6) is 0. The van der Waals surface area contributed by atoms with E-state index in [9.17, 15) is 0 Å². The Morgan fingerprint density at radius 2 is 2.06 bits per heavy atom. The van der Waals surface area contributed by atoms with E-state index in [-0.39, 0.29) is 18.1 Å². The van der Waals surface area contributed by atoms with Crippen molar-refractivity contribution >= 4 is 10.9 Å². The van der Waals surface area contributed by atoms with Gasteiger partial charge >= 0.3 is 0 Å². The van der Waals surface area contributed by atoms with Crippen LogP contribution in [0.2, 0.25) is 0 Å². The van der Waals surface area contributed by atoms with Gasteiger partial charge in [0.15, 0.2) is 0 Å². The number of aliphatic hydroxyl groups is 1. The van der Waals surface area contributed by atoms with Gasteiger partial charge in [-0.05, 0) is 29.9 Å². The molecule has 0 fully saturated rings. The second-order valence-corrected chi connectivity index (χ2v) is 5.64. The highest BCUT2D eigenvalue weighted by Gasteiger charge is 2.27. The zero-order valence-electron chi connectivity index (χ0n) is 11.1. The lowest BCUT2D eigenvalue weighted by molar-refractivity contribution is 0.211. The van der Waals surface area contributed by atoms with E-state index in [0.29, 0.717) is 6.42 Å². The van der Waals surface area contributed by atoms with Gasteiger partial charge in [-0.2, -0.15) is 0 Å². The topological polar surface area (TPSA) is 62.0 Å². The Balaban J connectivity index is 2.23. The molecule has 0 bridgehead atoms. The summed E-state index contributed by atoms with van der Waals surface area (Å²) in [4.78, 5) is 3.29. The number of H-pyrrole nitrogens is 1. The van der Waals surface area contributed by atoms with Crippen LogP contribution in [0.15, 0.2) is 30.5 Å². The number of aromatic nitrogens is 1. The Morgan fingerprint density at radius 3 is 2.78 bits per heavy atom. The molecule has 98 valence electrons. The molecular weight excluding hydrogens is 224 g/mol. The number of hydrogen-bond acceptors (Lipinski definition) is 2. The lowest BCUT2D eigenvalue weighted by atomic mass is 9.78. The summed E-state index contributed by atoms with van der Waals surface area (Å²) in [7, 11) is 0. The second kappa shape index (κ2) is 5.12. The number of para-hydroxylation sites is 1. The average Bonchev–Trinajstić information content (AvgIpc) is 2.73. The van der Waals surface area contributed by atoms with Crippen molar-refractivity contribution in [2.75, 3.05) is 6.61 Å². The minimum absolute atomic E-state index is 0.0103. The zero-order valence-corrected chi connectivity index (χ0v) is 11.1. The van der Waals surface area contributed by atoms with Gasteiger partial charge in [-0.15, -0.1) is 0 Å². The highest BCUT2D eigenvalue weighted by Crippen LogP contribution is 2.30. The summed E-state index contributed by atoms with van der Waals surface area (Å²) in [5.41, 5.74) is 8.59. The number of hydrogen-bond donors (Lipinski definition) is 3. The van der Waals surface area contributed by atoms with Crippen molar-refractivity contribution < 1.29 is 5.11 Å². The lowest BCUT2D eigenvalue weighted by Crippen LogP contribution is -2.39. The number of aliphatic hydroxyl groups excluding tert-OH is 1. The fourth-order valence-corrected chi connectivity index (χ4v) is 2.43. The molecule has 2 aromatic rings. The third-order valence-corrected chi connectivity index (χ3v) is 3.76. The van der Waals surface area contributed by atoms with Crippen molar-refractivity contribution in [3.05, 3.63) is 36.0 Å². The first-order valence-electron chi connectivity index (χ1n) is 6.46. The van der Waals surface area contributed by atoms with Gasteiger partial charge in [-0.25, -0.2) is 0 Å². The largest absolute Gasteiger partial charge is 0.396 e. The lowest BCUT2D eigenvalue weighted by Gasteiger charge is -2.31. The van der Waals surface area contributed by atoms with Crippen LogP contribution in [0, 0.1) is 5.41 Å². The van der Waals surface area contributed by atoms with Crippen LogP contribution in [0.5, 0.6) is 0 Å². The third kappa shape index (κ3) is 2.57. The molecule has 1 atom stereocenters. The van der Waals surface area contributed by atoms with E-state index in [1.807, 2.05) is 6.07 Å². The first kappa shape index (κ1) is 13.1. The Hall–Kier alpha value is -1.32. The molecule has 0 saturated heterocycles. The first-order chi connectivity index (χ1) is 8.54. The summed E-state index contributed by atoms with van der Waals surface area (Å²) < 4.78 is 0. The molecule has 0 aliphatic rings. The van der Waals surface area contributed by atoms with Crippen molar-refractivity contribution in [1.82, 2.24) is 4.98 Å². The molecule has 0 spiro atoms. The number of nitrogens with one attached hydrogen (secondary N) is 1. The van der Waals surface area contributed by atoms with Crippen molar-refractivity contribution in [3.8, 4) is 0 Å². The van der Waals surface area contributed by atoms with Gasteiger partial charge in [-0.3, -0.25) is 0 Å². The van der Waals surface area contributed by atoms with E-state index in [0.717, 1.165) is 6.42 Å². The summed E-state index contributed by atoms with van der Waals surface area (Å²) >= 11 is 0. The fourth-order valence-electron chi connectivity index (χ4n) is 2.43. The van der Waals surface area contributed by atoms with E-state index in [1.54, 1.807) is 0 Å². The molecule has 0 aliphatic heterocycles. The second-order valence-electron chi connectivity index (χ2n) is 5.64. The van der Waals surface area contributed by atoms with Crippen LogP contribution in [-0.4, -0.2) is 22.7 Å². The van der Waals surface area contributed by atoms with E-state index in [2.05, 4.69) is 43.2 Å². The van der Waals surface area contributed by atoms with Crippen molar-refractivity contribution in [2.45, 2.75) is 32.7 Å². The number of aromatic amines is 1. The molecule has 0 aliphatic carbocycles. The number of nitrogens with two attached hydrogens (primary N) is 1. The molecule has 0 amide bonds. The highest BCUT2D eigenvalue weighted by atomic mass is 16.3. The number of fused-ring (bicyclic) bond motifs is 1. The summed E-state index contributed by atoms with van der Waals surface area (Å²) in [6.07, 6.45) is 3.63. The maximum absolute atomic E-state index is 9.01. The fraction of sp³-hybridized carbons (Fsp3) is 0.467. The number of rotatable bonds is 5. The molecule has 1 aromatic heterocycles. The summed E-state index contributed by atoms with van der Waals surface area (Å²) in [6.45, 7) is 4.47. The molecule has 3 nitrogen and oxygen atoms in total. The Labute approximate surface area is 108 Å². The standard InChI is InChI=1S/C15H22N2O/c1-15(2,14(16)7-8-18)9-11-10-17-13-6-4-3-5-12(11)13/h3-6,10,14,17-18H,7-9,16H2,1-2H3. The van der Waals surface area contributed by atoms with Gasteiger partial charge in [-0.1, -0.05) is 32.0 Å². The normalized spacial score (nSPS) is 14.0. The van der Waals surface area contributed by atoms with E-state index in [4.69, 9.17) is 10.8 Å². The van der Waals surface area contributed by atoms with E-state index >= 15 is 0 Å². The first-order valence-corrected chi connectivity index (χ1v) is 6.46. The molecule has 1 heterocycles. The Kier molecular flexibility index (Phi) is 3.73. The summed E-state index contributed by atoms with van der Waals surface area (Å²) in [6, 6.07) is 8.32. The molecular formula is C15H22N2O. The minimum Gasteiger partial charge on any atom is -0.396 e. The Bertz CT molecular complexity index is 516.